The molecule has 1 unspecified atom stereocenters. The van der Waals surface area contributed by atoms with Gasteiger partial charge in [0.25, 0.3) is 0 Å². The Kier molecular flexibility index (Phi) is 4.06. The largest absolute Gasteiger partial charge is 0.494 e. The van der Waals surface area contributed by atoms with Crippen LogP contribution in [0, 0.1) is 17.2 Å². The average Bonchev–Trinajstić information content (AvgIpc) is 3.20. The molecule has 1 saturated carbocycles. The van der Waals surface area contributed by atoms with E-state index in [0.29, 0.717) is 13.0 Å². The molecule has 0 bridgehead atoms. The van der Waals surface area contributed by atoms with Gasteiger partial charge in [-0.25, -0.2) is 0 Å². The van der Waals surface area contributed by atoms with Crippen molar-refractivity contribution in [3.05, 3.63) is 30.3 Å². The Hall–Kier alpha value is -2.02. The SMILES string of the molecule is CC(CCOc1ccccc1)C(=O)NC1(C#N)CC1. The Morgan fingerprint density at radius 3 is 2.74 bits per heavy atom. The summed E-state index contributed by atoms with van der Waals surface area (Å²) in [5, 5.41) is 11.7. The van der Waals surface area contributed by atoms with Gasteiger partial charge in [-0.05, 0) is 31.4 Å². The van der Waals surface area contributed by atoms with Gasteiger partial charge in [0.15, 0.2) is 0 Å². The molecule has 1 aliphatic rings. The first-order chi connectivity index (χ1) is 9.15. The lowest BCUT2D eigenvalue weighted by Gasteiger charge is -2.15. The molecule has 1 fully saturated rings. The summed E-state index contributed by atoms with van der Waals surface area (Å²) in [6.07, 6.45) is 2.17. The molecule has 0 saturated heterocycles. The fourth-order valence-corrected chi connectivity index (χ4v) is 1.75. The first kappa shape index (κ1) is 13.4. The third kappa shape index (κ3) is 3.72. The number of ether oxygens (including phenoxy) is 1. The number of hydrogen-bond donors (Lipinski definition) is 1. The first-order valence-corrected chi connectivity index (χ1v) is 6.56. The van der Waals surface area contributed by atoms with Gasteiger partial charge in [0, 0.05) is 5.92 Å². The minimum absolute atomic E-state index is 0.0595. The molecule has 1 aromatic carbocycles. The summed E-state index contributed by atoms with van der Waals surface area (Å²) < 4.78 is 5.55. The number of amides is 1. The topological polar surface area (TPSA) is 62.1 Å². The maximum absolute atomic E-state index is 11.9. The van der Waals surface area contributed by atoms with E-state index in [1.165, 1.54) is 0 Å². The van der Waals surface area contributed by atoms with Crippen LogP contribution in [0.1, 0.15) is 26.2 Å². The molecular formula is C15H18N2O2. The molecule has 19 heavy (non-hydrogen) atoms. The average molecular weight is 258 g/mol. The maximum Gasteiger partial charge on any atom is 0.224 e. The molecule has 1 N–H and O–H groups in total. The van der Waals surface area contributed by atoms with Gasteiger partial charge in [-0.3, -0.25) is 4.79 Å². The summed E-state index contributed by atoms with van der Waals surface area (Å²) in [6.45, 7) is 2.36. The molecular weight excluding hydrogens is 240 g/mol. The van der Waals surface area contributed by atoms with E-state index in [1.54, 1.807) is 0 Å². The molecule has 1 aliphatic carbocycles. The molecule has 0 aliphatic heterocycles. The number of nitriles is 1. The summed E-state index contributed by atoms with van der Waals surface area (Å²) >= 11 is 0. The zero-order chi connectivity index (χ0) is 13.7. The monoisotopic (exact) mass is 258 g/mol. The molecule has 0 spiro atoms. The van der Waals surface area contributed by atoms with Crippen LogP contribution in [-0.2, 0) is 4.79 Å². The predicted octanol–water partition coefficient (Wildman–Crippen LogP) is 2.26. The van der Waals surface area contributed by atoms with Crippen LogP contribution in [-0.4, -0.2) is 18.1 Å². The van der Waals surface area contributed by atoms with Gasteiger partial charge in [-0.2, -0.15) is 5.26 Å². The number of para-hydroxylation sites is 1. The van der Waals surface area contributed by atoms with Crippen molar-refractivity contribution in [1.29, 1.82) is 5.26 Å². The smallest absolute Gasteiger partial charge is 0.224 e. The number of hydrogen-bond acceptors (Lipinski definition) is 3. The molecule has 1 atom stereocenters. The van der Waals surface area contributed by atoms with Gasteiger partial charge < -0.3 is 10.1 Å². The second-order valence-corrected chi connectivity index (χ2v) is 5.03. The third-order valence-electron chi connectivity index (χ3n) is 3.34. The van der Waals surface area contributed by atoms with Crippen molar-refractivity contribution in [3.8, 4) is 11.8 Å². The molecule has 0 heterocycles. The van der Waals surface area contributed by atoms with Crippen LogP contribution in [0.15, 0.2) is 30.3 Å². The van der Waals surface area contributed by atoms with E-state index < -0.39 is 5.54 Å². The second kappa shape index (κ2) is 5.75. The highest BCUT2D eigenvalue weighted by molar-refractivity contribution is 5.80. The lowest BCUT2D eigenvalue weighted by molar-refractivity contribution is -0.125. The maximum atomic E-state index is 11.9. The molecule has 0 radical (unpaired) electrons. The van der Waals surface area contributed by atoms with Gasteiger partial charge in [0.05, 0.1) is 12.7 Å². The molecule has 1 aromatic rings. The van der Waals surface area contributed by atoms with E-state index in [9.17, 15) is 4.79 Å². The fraction of sp³-hybridized carbons (Fsp3) is 0.467. The zero-order valence-electron chi connectivity index (χ0n) is 11.1. The number of carbonyl (C=O) groups is 1. The summed E-state index contributed by atoms with van der Waals surface area (Å²) in [4.78, 5) is 11.9. The molecule has 4 heteroatoms. The molecule has 0 aromatic heterocycles. The van der Waals surface area contributed by atoms with Crippen molar-refractivity contribution in [3.63, 3.8) is 0 Å². The Bertz CT molecular complexity index is 475. The number of benzene rings is 1. The van der Waals surface area contributed by atoms with Crippen LogP contribution in [0.3, 0.4) is 0 Å². The summed E-state index contributed by atoms with van der Waals surface area (Å²) in [7, 11) is 0. The third-order valence-corrected chi connectivity index (χ3v) is 3.34. The number of nitrogens with one attached hydrogen (secondary N) is 1. The number of nitrogens with zero attached hydrogens (tertiary/aromatic N) is 1. The Labute approximate surface area is 113 Å². The van der Waals surface area contributed by atoms with Crippen molar-refractivity contribution in [1.82, 2.24) is 5.32 Å². The van der Waals surface area contributed by atoms with Crippen molar-refractivity contribution < 1.29 is 9.53 Å². The molecule has 1 amide bonds. The predicted molar refractivity (Wildman–Crippen MR) is 71.4 cm³/mol. The van der Waals surface area contributed by atoms with Crippen molar-refractivity contribution in [2.24, 2.45) is 5.92 Å². The summed E-state index contributed by atoms with van der Waals surface area (Å²) in [6, 6.07) is 11.7. The van der Waals surface area contributed by atoms with Crippen molar-refractivity contribution >= 4 is 5.91 Å². The van der Waals surface area contributed by atoms with E-state index >= 15 is 0 Å². The van der Waals surface area contributed by atoms with E-state index in [0.717, 1.165) is 18.6 Å². The van der Waals surface area contributed by atoms with Crippen LogP contribution < -0.4 is 10.1 Å². The van der Waals surface area contributed by atoms with E-state index in [1.807, 2.05) is 37.3 Å². The van der Waals surface area contributed by atoms with Gasteiger partial charge in [-0.15, -0.1) is 0 Å². The van der Waals surface area contributed by atoms with Crippen molar-refractivity contribution in [2.75, 3.05) is 6.61 Å². The number of rotatable bonds is 6. The Morgan fingerprint density at radius 1 is 1.47 bits per heavy atom. The van der Waals surface area contributed by atoms with Crippen LogP contribution in [0.2, 0.25) is 0 Å². The highest BCUT2D eigenvalue weighted by Crippen LogP contribution is 2.34. The first-order valence-electron chi connectivity index (χ1n) is 6.56. The van der Waals surface area contributed by atoms with Gasteiger partial charge in [0.1, 0.15) is 11.3 Å². The van der Waals surface area contributed by atoms with Crippen molar-refractivity contribution in [2.45, 2.75) is 31.7 Å². The Morgan fingerprint density at radius 2 is 2.16 bits per heavy atom. The van der Waals surface area contributed by atoms with Crippen LogP contribution >= 0.6 is 0 Å². The van der Waals surface area contributed by atoms with Gasteiger partial charge >= 0.3 is 0 Å². The molecule has 2 rings (SSSR count). The minimum Gasteiger partial charge on any atom is -0.494 e. The van der Waals surface area contributed by atoms with E-state index in [-0.39, 0.29) is 11.8 Å². The van der Waals surface area contributed by atoms with Crippen LogP contribution in [0.4, 0.5) is 0 Å². The second-order valence-electron chi connectivity index (χ2n) is 5.03. The quantitative estimate of drug-likeness (QED) is 0.851. The lowest BCUT2D eigenvalue weighted by atomic mass is 10.1. The Balaban J connectivity index is 1.71. The highest BCUT2D eigenvalue weighted by atomic mass is 16.5. The van der Waals surface area contributed by atoms with Crippen LogP contribution in [0.5, 0.6) is 5.75 Å². The van der Waals surface area contributed by atoms with E-state index in [2.05, 4.69) is 11.4 Å². The lowest BCUT2D eigenvalue weighted by Crippen LogP contribution is -2.39. The molecule has 100 valence electrons. The zero-order valence-corrected chi connectivity index (χ0v) is 11.1. The molecule has 4 nitrogen and oxygen atoms in total. The standard InChI is InChI=1S/C15H18N2O2/c1-12(14(18)17-15(11-16)8-9-15)7-10-19-13-5-3-2-4-6-13/h2-6,12H,7-10H2,1H3,(H,17,18). The fourth-order valence-electron chi connectivity index (χ4n) is 1.75. The minimum atomic E-state index is -0.578. The van der Waals surface area contributed by atoms with E-state index in [4.69, 9.17) is 10.00 Å². The number of carbonyl (C=O) groups excluding carboxylic acids is 1. The van der Waals surface area contributed by atoms with Gasteiger partial charge in [0.2, 0.25) is 5.91 Å². The highest BCUT2D eigenvalue weighted by Gasteiger charge is 2.45. The summed E-state index contributed by atoms with van der Waals surface area (Å²) in [5.74, 6) is 0.607. The van der Waals surface area contributed by atoms with Crippen LogP contribution in [0.25, 0.3) is 0 Å². The normalized spacial score (nSPS) is 17.1. The summed E-state index contributed by atoms with van der Waals surface area (Å²) in [5.41, 5.74) is -0.578. The van der Waals surface area contributed by atoms with Gasteiger partial charge in [-0.1, -0.05) is 25.1 Å².